The van der Waals surface area contributed by atoms with Gasteiger partial charge in [0.05, 0.1) is 12.1 Å². The molecule has 0 amide bonds. The van der Waals surface area contributed by atoms with E-state index in [4.69, 9.17) is 11.6 Å². The summed E-state index contributed by atoms with van der Waals surface area (Å²) in [7, 11) is 0. The Morgan fingerprint density at radius 2 is 1.90 bits per heavy atom. The summed E-state index contributed by atoms with van der Waals surface area (Å²) in [5, 5.41) is 1.50. The maximum atomic E-state index is 13.6. The highest BCUT2D eigenvalue weighted by atomic mass is 35.5. The monoisotopic (exact) mass is 305 g/mol. The summed E-state index contributed by atoms with van der Waals surface area (Å²) in [6.45, 7) is -0.0353. The highest BCUT2D eigenvalue weighted by Gasteiger charge is 2.14. The fourth-order valence-corrected chi connectivity index (χ4v) is 2.42. The number of hydrogen-bond donors (Lipinski definition) is 0. The molecule has 0 unspecified atom stereocenters. The Morgan fingerprint density at radius 3 is 2.67 bits per heavy atom. The van der Waals surface area contributed by atoms with Crippen molar-refractivity contribution in [1.29, 1.82) is 0 Å². The SMILES string of the molecule is O=C(Cn1ccc2ccc(Cl)cc21)c1ccc(F)cc1F. The first-order valence-electron chi connectivity index (χ1n) is 6.27. The van der Waals surface area contributed by atoms with Crippen LogP contribution in [0.2, 0.25) is 5.02 Å². The van der Waals surface area contributed by atoms with Crippen LogP contribution in [0.5, 0.6) is 0 Å². The van der Waals surface area contributed by atoms with E-state index in [-0.39, 0.29) is 12.1 Å². The standard InChI is InChI=1S/C16H10ClF2NO/c17-11-2-1-10-5-6-20(15(10)7-11)9-16(21)13-4-3-12(18)8-14(13)19/h1-8H,9H2. The van der Waals surface area contributed by atoms with Gasteiger partial charge in [0.2, 0.25) is 0 Å². The van der Waals surface area contributed by atoms with E-state index in [1.165, 1.54) is 0 Å². The van der Waals surface area contributed by atoms with Crippen molar-refractivity contribution in [2.24, 2.45) is 0 Å². The zero-order valence-electron chi connectivity index (χ0n) is 10.8. The molecule has 0 aliphatic rings. The predicted molar refractivity (Wildman–Crippen MR) is 77.6 cm³/mol. The molecule has 5 heteroatoms. The Morgan fingerprint density at radius 1 is 1.10 bits per heavy atom. The van der Waals surface area contributed by atoms with Crippen molar-refractivity contribution in [1.82, 2.24) is 4.57 Å². The average molecular weight is 306 g/mol. The Balaban J connectivity index is 1.94. The minimum Gasteiger partial charge on any atom is -0.340 e. The summed E-state index contributed by atoms with van der Waals surface area (Å²) < 4.78 is 28.2. The minimum absolute atomic E-state index is 0.0353. The molecule has 1 aromatic heterocycles. The first-order chi connectivity index (χ1) is 10.0. The van der Waals surface area contributed by atoms with E-state index in [2.05, 4.69) is 0 Å². The molecule has 3 rings (SSSR count). The molecule has 0 spiro atoms. The fourth-order valence-electron chi connectivity index (χ4n) is 2.25. The lowest BCUT2D eigenvalue weighted by molar-refractivity contribution is 0.0969. The molecule has 2 aromatic carbocycles. The first-order valence-corrected chi connectivity index (χ1v) is 6.65. The summed E-state index contributed by atoms with van der Waals surface area (Å²) >= 11 is 5.94. The molecule has 0 N–H and O–H groups in total. The maximum Gasteiger partial charge on any atom is 0.185 e. The molecule has 0 saturated heterocycles. The smallest absolute Gasteiger partial charge is 0.185 e. The molecule has 0 aliphatic carbocycles. The number of carbonyl (C=O) groups excluding carboxylic acids is 1. The molecule has 0 aliphatic heterocycles. The second kappa shape index (κ2) is 5.30. The summed E-state index contributed by atoms with van der Waals surface area (Å²) in [6.07, 6.45) is 1.74. The van der Waals surface area contributed by atoms with Crippen molar-refractivity contribution in [3.8, 4) is 0 Å². The molecule has 0 atom stereocenters. The molecule has 106 valence electrons. The van der Waals surface area contributed by atoms with Crippen molar-refractivity contribution >= 4 is 28.3 Å². The third kappa shape index (κ3) is 2.67. The molecule has 2 nitrogen and oxygen atoms in total. The van der Waals surface area contributed by atoms with Crippen LogP contribution < -0.4 is 0 Å². The third-order valence-electron chi connectivity index (χ3n) is 3.28. The van der Waals surface area contributed by atoms with Gasteiger partial charge in [-0.25, -0.2) is 8.78 Å². The van der Waals surface area contributed by atoms with Gasteiger partial charge in [0.1, 0.15) is 11.6 Å². The highest BCUT2D eigenvalue weighted by Crippen LogP contribution is 2.21. The zero-order chi connectivity index (χ0) is 15.0. The second-order valence-electron chi connectivity index (χ2n) is 4.69. The van der Waals surface area contributed by atoms with Crippen molar-refractivity contribution in [2.75, 3.05) is 0 Å². The van der Waals surface area contributed by atoms with Crippen LogP contribution in [0.1, 0.15) is 10.4 Å². The first kappa shape index (κ1) is 13.8. The van der Waals surface area contributed by atoms with E-state index in [0.29, 0.717) is 11.1 Å². The summed E-state index contributed by atoms with van der Waals surface area (Å²) in [5.74, 6) is -1.98. The van der Waals surface area contributed by atoms with Gasteiger partial charge in [0.25, 0.3) is 0 Å². The van der Waals surface area contributed by atoms with Crippen LogP contribution in [0.3, 0.4) is 0 Å². The third-order valence-corrected chi connectivity index (χ3v) is 3.52. The topological polar surface area (TPSA) is 22.0 Å². The van der Waals surface area contributed by atoms with Crippen LogP contribution in [0.25, 0.3) is 10.9 Å². The normalized spacial score (nSPS) is 11.0. The van der Waals surface area contributed by atoms with E-state index in [1.807, 2.05) is 12.1 Å². The van der Waals surface area contributed by atoms with Crippen LogP contribution in [-0.4, -0.2) is 10.4 Å². The second-order valence-corrected chi connectivity index (χ2v) is 5.13. The minimum atomic E-state index is -0.852. The molecule has 0 radical (unpaired) electrons. The number of nitrogens with zero attached hydrogens (tertiary/aromatic N) is 1. The lowest BCUT2D eigenvalue weighted by atomic mass is 10.1. The van der Waals surface area contributed by atoms with Gasteiger partial charge in [-0.15, -0.1) is 0 Å². The van der Waals surface area contributed by atoms with Gasteiger partial charge in [0, 0.05) is 22.8 Å². The van der Waals surface area contributed by atoms with Crippen LogP contribution in [-0.2, 0) is 6.54 Å². The van der Waals surface area contributed by atoms with Gasteiger partial charge in [-0.05, 0) is 35.7 Å². The molecule has 1 heterocycles. The van der Waals surface area contributed by atoms with Gasteiger partial charge in [-0.2, -0.15) is 0 Å². The van der Waals surface area contributed by atoms with Gasteiger partial charge < -0.3 is 4.57 Å². The highest BCUT2D eigenvalue weighted by molar-refractivity contribution is 6.31. The maximum absolute atomic E-state index is 13.6. The van der Waals surface area contributed by atoms with Crippen LogP contribution in [0.15, 0.2) is 48.7 Å². The molecule has 0 saturated carbocycles. The van der Waals surface area contributed by atoms with E-state index < -0.39 is 17.4 Å². The number of hydrogen-bond acceptors (Lipinski definition) is 1. The number of aromatic nitrogens is 1. The molecule has 0 bridgehead atoms. The van der Waals surface area contributed by atoms with Gasteiger partial charge in [0.15, 0.2) is 5.78 Å². The number of rotatable bonds is 3. The number of Topliss-reactive ketones (excluding diaryl/α,β-unsaturated/α-hetero) is 1. The largest absolute Gasteiger partial charge is 0.340 e. The Bertz CT molecular complexity index is 841. The lowest BCUT2D eigenvalue weighted by Gasteiger charge is -2.06. The average Bonchev–Trinajstić information content (AvgIpc) is 2.81. The quantitative estimate of drug-likeness (QED) is 0.655. The molecule has 0 fully saturated rings. The number of halogens is 3. The summed E-state index contributed by atoms with van der Waals surface area (Å²) in [6, 6.07) is 10.1. The fraction of sp³-hybridized carbons (Fsp3) is 0.0625. The molecular weight excluding hydrogens is 296 g/mol. The van der Waals surface area contributed by atoms with Gasteiger partial charge in [-0.1, -0.05) is 17.7 Å². The van der Waals surface area contributed by atoms with Crippen LogP contribution >= 0.6 is 11.6 Å². The number of ketones is 1. The van der Waals surface area contributed by atoms with Crippen molar-refractivity contribution in [3.63, 3.8) is 0 Å². The summed E-state index contributed by atoms with van der Waals surface area (Å²) in [4.78, 5) is 12.2. The molecule has 3 aromatic rings. The van der Waals surface area contributed by atoms with E-state index in [1.54, 1.807) is 22.9 Å². The molecule has 21 heavy (non-hydrogen) atoms. The zero-order valence-corrected chi connectivity index (χ0v) is 11.6. The summed E-state index contributed by atoms with van der Waals surface area (Å²) in [5.41, 5.74) is 0.665. The Kier molecular flexibility index (Phi) is 3.47. The van der Waals surface area contributed by atoms with Gasteiger partial charge >= 0.3 is 0 Å². The predicted octanol–water partition coefficient (Wildman–Crippen LogP) is 4.46. The van der Waals surface area contributed by atoms with Crippen molar-refractivity contribution < 1.29 is 13.6 Å². The van der Waals surface area contributed by atoms with Crippen molar-refractivity contribution in [2.45, 2.75) is 6.54 Å². The van der Waals surface area contributed by atoms with E-state index >= 15 is 0 Å². The number of carbonyl (C=O) groups is 1. The Hall–Kier alpha value is -2.20. The Labute approximate surface area is 124 Å². The lowest BCUT2D eigenvalue weighted by Crippen LogP contribution is -2.11. The van der Waals surface area contributed by atoms with Crippen LogP contribution in [0.4, 0.5) is 8.78 Å². The molecular formula is C16H10ClF2NO. The number of fused-ring (bicyclic) bond motifs is 1. The van der Waals surface area contributed by atoms with E-state index in [0.717, 1.165) is 23.0 Å². The van der Waals surface area contributed by atoms with Crippen molar-refractivity contribution in [3.05, 3.63) is 70.9 Å². The van der Waals surface area contributed by atoms with E-state index in [9.17, 15) is 13.6 Å². The van der Waals surface area contributed by atoms with Crippen LogP contribution in [0, 0.1) is 11.6 Å². The number of benzene rings is 2. The van der Waals surface area contributed by atoms with Gasteiger partial charge in [-0.3, -0.25) is 4.79 Å².